The van der Waals surface area contributed by atoms with Crippen molar-refractivity contribution >= 4 is 35.4 Å². The fourth-order valence-electron chi connectivity index (χ4n) is 6.21. The molecule has 0 radical (unpaired) electrons. The molecule has 40 heavy (non-hydrogen) atoms. The van der Waals surface area contributed by atoms with Crippen molar-refractivity contribution < 1.29 is 18.3 Å². The van der Waals surface area contributed by atoms with E-state index in [1.54, 1.807) is 0 Å². The van der Waals surface area contributed by atoms with Gasteiger partial charge in [-0.2, -0.15) is 6.67 Å². The molecule has 6 heteroatoms. The normalized spacial score (nSPS) is 15.9. The second-order valence-corrected chi connectivity index (χ2v) is 16.9. The summed E-state index contributed by atoms with van der Waals surface area (Å²) in [4.78, 5) is 4.81. The molecule has 0 atom stereocenters. The number of hydrogen-bond donors (Lipinski definition) is 0. The zero-order valence-corrected chi connectivity index (χ0v) is 28.0. The summed E-state index contributed by atoms with van der Waals surface area (Å²) in [7, 11) is 11.8. The molecule has 1 aliphatic carbocycles. The Hall–Kier alpha value is -1.87. The molecule has 3 aromatic rings. The van der Waals surface area contributed by atoms with E-state index in [-0.39, 0.29) is 0 Å². The van der Waals surface area contributed by atoms with Crippen molar-refractivity contribution in [3.63, 3.8) is 0 Å². The summed E-state index contributed by atoms with van der Waals surface area (Å²) in [5.74, 6) is 0.930. The first-order chi connectivity index (χ1) is 19.1. The van der Waals surface area contributed by atoms with Gasteiger partial charge in [0.1, 0.15) is 0 Å². The van der Waals surface area contributed by atoms with Gasteiger partial charge >= 0.3 is 116 Å². The predicted octanol–water partition coefficient (Wildman–Crippen LogP) is 9.46. The van der Waals surface area contributed by atoms with E-state index in [1.807, 2.05) is 28.9 Å². The van der Waals surface area contributed by atoms with Crippen LogP contribution in [0.3, 0.4) is 0 Å². The van der Waals surface area contributed by atoms with Crippen LogP contribution < -0.4 is 14.5 Å². The molecule has 1 heterocycles. The number of anilines is 2. The summed E-state index contributed by atoms with van der Waals surface area (Å²) >= 11 is -1.78. The molecule has 0 N–H and O–H groups in total. The van der Waals surface area contributed by atoms with E-state index in [4.69, 9.17) is 24.1 Å². The van der Waals surface area contributed by atoms with Gasteiger partial charge in [0.15, 0.2) is 0 Å². The van der Waals surface area contributed by atoms with E-state index in [2.05, 4.69) is 82.3 Å². The third kappa shape index (κ3) is 8.12. The average molecular weight is 668 g/mol. The summed E-state index contributed by atoms with van der Waals surface area (Å²) < 4.78 is 8.01. The van der Waals surface area contributed by atoms with Gasteiger partial charge < -0.3 is 9.80 Å². The van der Waals surface area contributed by atoms with Crippen molar-refractivity contribution in [3.8, 4) is 5.75 Å². The topological polar surface area (TPSA) is 15.7 Å². The van der Waals surface area contributed by atoms with Crippen molar-refractivity contribution in [2.75, 3.05) is 22.9 Å². The number of halogens is 2. The van der Waals surface area contributed by atoms with Gasteiger partial charge in [-0.1, -0.05) is 35.4 Å². The van der Waals surface area contributed by atoms with Crippen LogP contribution in [-0.4, -0.2) is 23.8 Å². The van der Waals surface area contributed by atoms with E-state index in [0.29, 0.717) is 6.10 Å². The Bertz CT molecular complexity index is 1240. The second kappa shape index (κ2) is 14.3. The minimum absolute atomic E-state index is 0.365. The Morgan fingerprint density at radius 1 is 0.750 bits per heavy atom. The summed E-state index contributed by atoms with van der Waals surface area (Å²) in [5.41, 5.74) is 11.9. The quantitative estimate of drug-likeness (QED) is 0.199. The van der Waals surface area contributed by atoms with Crippen LogP contribution in [0, 0.1) is 48.2 Å². The van der Waals surface area contributed by atoms with Crippen LogP contribution in [0.15, 0.2) is 48.5 Å². The Kier molecular flexibility index (Phi) is 11.1. The van der Waals surface area contributed by atoms with Crippen molar-refractivity contribution in [3.05, 3.63) is 94.1 Å². The molecule has 3 nitrogen and oxygen atoms in total. The maximum atomic E-state index is 6.06. The molecule has 0 amide bonds. The molecular weight excluding hydrogens is 624 g/mol. The van der Waals surface area contributed by atoms with Gasteiger partial charge in [-0.3, -0.25) is 0 Å². The molecule has 3 aromatic carbocycles. The van der Waals surface area contributed by atoms with Gasteiger partial charge in [-0.15, -0.1) is 0 Å². The third-order valence-corrected chi connectivity index (χ3v) is 9.49. The Morgan fingerprint density at radius 2 is 1.23 bits per heavy atom. The SMILES string of the molecule is Cc1cc(C)c(N2[CH-]N(c3c(C)cc(C)cc3C)CC2)c(C)c1.[Cl][Ru]([Cl])=[CH]c1ccccc1OC1CCCCC1. The molecule has 2 aliphatic rings. The number of para-hydroxylation sites is 1. The van der Waals surface area contributed by atoms with Crippen molar-refractivity contribution in [2.24, 2.45) is 0 Å². The molecule has 0 bridgehead atoms. The fourth-order valence-corrected chi connectivity index (χ4v) is 8.01. The third-order valence-electron chi connectivity index (χ3n) is 7.66. The Labute approximate surface area is 254 Å². The van der Waals surface area contributed by atoms with E-state index in [0.717, 1.165) is 37.2 Å². The zero-order valence-electron chi connectivity index (χ0n) is 24.7. The number of rotatable bonds is 5. The average Bonchev–Trinajstić information content (AvgIpc) is 3.34. The number of aryl methyl sites for hydroxylation is 6. The molecule has 218 valence electrons. The summed E-state index contributed by atoms with van der Waals surface area (Å²) in [6, 6.07) is 17.1. The number of hydrogen-bond acceptors (Lipinski definition) is 3. The van der Waals surface area contributed by atoms with Gasteiger partial charge in [-0.25, -0.2) is 0 Å². The van der Waals surface area contributed by atoms with Crippen LogP contribution in [0.1, 0.15) is 71.0 Å². The molecule has 0 aromatic heterocycles. The standard InChI is InChI=1S/C21H27N2.C13H16O.2ClH.Ru/c1-14-9-16(3)20(17(4)10-14)22-7-8-23(13-22)21-18(5)11-15(2)12-19(21)6;1-11-7-5-6-10-13(11)14-12-8-3-2-4-9-12;;;/h9-13H,7-8H2,1-6H3;1,5-7,10,12H,2-4,8-9H2;2*1H;/q-1;;;;+2/p-2. The van der Waals surface area contributed by atoms with Crippen molar-refractivity contribution in [2.45, 2.75) is 79.8 Å². The first-order valence-corrected chi connectivity index (χ1v) is 19.7. The molecule has 1 aliphatic heterocycles. The molecule has 0 unspecified atom stereocenters. The van der Waals surface area contributed by atoms with E-state index >= 15 is 0 Å². The van der Waals surface area contributed by atoms with E-state index in [1.165, 1.54) is 64.0 Å². The summed E-state index contributed by atoms with van der Waals surface area (Å²) in [6.45, 7) is 17.6. The van der Waals surface area contributed by atoms with Gasteiger partial charge in [0.2, 0.25) is 0 Å². The molecule has 0 spiro atoms. The fraction of sp³-hybridized carbons (Fsp3) is 0.412. The van der Waals surface area contributed by atoms with Crippen LogP contribution in [0.25, 0.3) is 0 Å². The van der Waals surface area contributed by atoms with Crippen molar-refractivity contribution in [1.82, 2.24) is 0 Å². The van der Waals surface area contributed by atoms with E-state index in [9.17, 15) is 0 Å². The summed E-state index contributed by atoms with van der Waals surface area (Å²) in [6.07, 6.45) is 6.59. The van der Waals surface area contributed by atoms with Crippen LogP contribution in [0.5, 0.6) is 5.75 Å². The summed E-state index contributed by atoms with van der Waals surface area (Å²) in [5, 5.41) is 0. The first kappa shape index (κ1) is 31.1. The van der Waals surface area contributed by atoms with Crippen molar-refractivity contribution in [1.29, 1.82) is 0 Å². The molecule has 1 saturated heterocycles. The van der Waals surface area contributed by atoms with Crippen LogP contribution in [0.4, 0.5) is 11.4 Å². The zero-order chi connectivity index (χ0) is 28.8. The van der Waals surface area contributed by atoms with Gasteiger partial charge in [0.05, 0.1) is 0 Å². The van der Waals surface area contributed by atoms with Gasteiger partial charge in [0, 0.05) is 24.5 Å². The second-order valence-electron chi connectivity index (χ2n) is 11.2. The number of benzene rings is 3. The monoisotopic (exact) mass is 667 g/mol. The molecule has 2 fully saturated rings. The maximum absolute atomic E-state index is 6.06. The first-order valence-electron chi connectivity index (χ1n) is 14.2. The minimum atomic E-state index is -1.78. The molecular formula is C34H43Cl2N2ORu-. The number of nitrogens with zero attached hydrogens (tertiary/aromatic N) is 2. The number of ether oxygens (including phenoxy) is 1. The van der Waals surface area contributed by atoms with E-state index < -0.39 is 13.5 Å². The Balaban J connectivity index is 0.000000194. The van der Waals surface area contributed by atoms with Gasteiger partial charge in [-0.05, 0) is 63.8 Å². The van der Waals surface area contributed by atoms with Gasteiger partial charge in [0.25, 0.3) is 0 Å². The molecule has 1 saturated carbocycles. The molecule has 5 rings (SSSR count). The predicted molar refractivity (Wildman–Crippen MR) is 171 cm³/mol. The van der Waals surface area contributed by atoms with Crippen LogP contribution in [-0.2, 0) is 13.5 Å². The van der Waals surface area contributed by atoms with Crippen LogP contribution in [0.2, 0.25) is 0 Å². The Morgan fingerprint density at radius 3 is 1.70 bits per heavy atom. The van der Waals surface area contributed by atoms with Crippen LogP contribution >= 0.6 is 19.4 Å².